The van der Waals surface area contributed by atoms with Crippen LogP contribution >= 0.6 is 12.2 Å². The number of alkyl halides is 3. The summed E-state index contributed by atoms with van der Waals surface area (Å²) in [6, 6.07) is 15.2. The van der Waals surface area contributed by atoms with Crippen molar-refractivity contribution in [3.63, 3.8) is 0 Å². The number of aromatic nitrogens is 3. The first kappa shape index (κ1) is 25.2. The standard InChI is InChI=1S/C23H26F3N7S/c1-15(2)18-6-4-5-7-19(18)29-22(34)31-28-14-16-8-10-17(11-9-16)20-30-21(33(3)32-20)27-13-12-23(24,25)26/h4-11,14-15H,12-13H2,1-3H3,(H,27,30,32)(H2,29,31,34). The van der Waals surface area contributed by atoms with E-state index in [0.29, 0.717) is 16.9 Å². The lowest BCUT2D eigenvalue weighted by Gasteiger charge is -2.14. The van der Waals surface area contributed by atoms with Crippen molar-refractivity contribution in [3.8, 4) is 11.4 Å². The average Bonchev–Trinajstić information content (AvgIpc) is 3.14. The second-order valence-electron chi connectivity index (χ2n) is 7.86. The van der Waals surface area contributed by atoms with E-state index >= 15 is 0 Å². The van der Waals surface area contributed by atoms with Crippen LogP contribution in [0.15, 0.2) is 53.6 Å². The minimum absolute atomic E-state index is 0.266. The second kappa shape index (κ2) is 11.1. The average molecular weight is 490 g/mol. The van der Waals surface area contributed by atoms with Crippen LogP contribution in [0.25, 0.3) is 11.4 Å². The third-order valence-electron chi connectivity index (χ3n) is 4.83. The molecule has 34 heavy (non-hydrogen) atoms. The molecule has 1 heterocycles. The number of rotatable bonds is 8. The van der Waals surface area contributed by atoms with Crippen LogP contribution in [0.4, 0.5) is 24.8 Å². The summed E-state index contributed by atoms with van der Waals surface area (Å²) in [5.41, 5.74) is 6.45. The molecule has 11 heteroatoms. The fourth-order valence-corrected chi connectivity index (χ4v) is 3.29. The van der Waals surface area contributed by atoms with Gasteiger partial charge in [-0.25, -0.2) is 4.68 Å². The molecule has 3 rings (SSSR count). The number of halogens is 3. The van der Waals surface area contributed by atoms with E-state index in [0.717, 1.165) is 22.4 Å². The fourth-order valence-electron chi connectivity index (χ4n) is 3.12. The maximum Gasteiger partial charge on any atom is 0.390 e. The molecule has 0 saturated carbocycles. The lowest BCUT2D eigenvalue weighted by atomic mass is 10.0. The van der Waals surface area contributed by atoms with E-state index in [2.05, 4.69) is 51.2 Å². The summed E-state index contributed by atoms with van der Waals surface area (Å²) >= 11 is 5.32. The highest BCUT2D eigenvalue weighted by molar-refractivity contribution is 7.80. The van der Waals surface area contributed by atoms with E-state index < -0.39 is 12.6 Å². The van der Waals surface area contributed by atoms with Crippen LogP contribution in [0.5, 0.6) is 0 Å². The Labute approximate surface area is 201 Å². The normalized spacial score (nSPS) is 11.7. The van der Waals surface area contributed by atoms with Gasteiger partial charge in [-0.3, -0.25) is 5.43 Å². The van der Waals surface area contributed by atoms with Gasteiger partial charge in [0.2, 0.25) is 5.95 Å². The number of hydrogen-bond donors (Lipinski definition) is 3. The lowest BCUT2D eigenvalue weighted by Crippen LogP contribution is -2.24. The molecule has 0 fully saturated rings. The van der Waals surface area contributed by atoms with Gasteiger partial charge in [0.1, 0.15) is 0 Å². The Balaban J connectivity index is 1.56. The van der Waals surface area contributed by atoms with Crippen LogP contribution in [-0.2, 0) is 7.05 Å². The SMILES string of the molecule is CC(C)c1ccccc1NC(=S)NN=Cc1ccc(-c2nc(NCCC(F)(F)F)n(C)n2)cc1. The topological polar surface area (TPSA) is 79.2 Å². The number of hydrazone groups is 1. The summed E-state index contributed by atoms with van der Waals surface area (Å²) in [6.07, 6.45) is -3.54. The maximum atomic E-state index is 12.3. The van der Waals surface area contributed by atoms with E-state index in [9.17, 15) is 13.2 Å². The van der Waals surface area contributed by atoms with Gasteiger partial charge < -0.3 is 10.6 Å². The Kier molecular flexibility index (Phi) is 8.21. The Morgan fingerprint density at radius 1 is 1.15 bits per heavy atom. The molecular weight excluding hydrogens is 463 g/mol. The van der Waals surface area contributed by atoms with Crippen LogP contribution in [0.2, 0.25) is 0 Å². The van der Waals surface area contributed by atoms with Gasteiger partial charge in [-0.15, -0.1) is 5.10 Å². The Hall–Kier alpha value is -3.47. The van der Waals surface area contributed by atoms with Gasteiger partial charge >= 0.3 is 6.18 Å². The Bertz CT molecular complexity index is 1140. The van der Waals surface area contributed by atoms with Crippen molar-refractivity contribution in [3.05, 3.63) is 59.7 Å². The third kappa shape index (κ3) is 7.27. The summed E-state index contributed by atoms with van der Waals surface area (Å²) < 4.78 is 38.4. The van der Waals surface area contributed by atoms with Crippen LogP contribution in [-0.4, -0.2) is 38.8 Å². The molecule has 7 nitrogen and oxygen atoms in total. The molecule has 0 atom stereocenters. The number of nitrogens with zero attached hydrogens (tertiary/aromatic N) is 4. The van der Waals surface area contributed by atoms with Crippen molar-refractivity contribution in [1.82, 2.24) is 20.2 Å². The molecule has 0 aliphatic carbocycles. The Morgan fingerprint density at radius 2 is 1.85 bits per heavy atom. The van der Waals surface area contributed by atoms with E-state index in [-0.39, 0.29) is 12.5 Å². The van der Waals surface area contributed by atoms with Crippen molar-refractivity contribution in [2.45, 2.75) is 32.4 Å². The van der Waals surface area contributed by atoms with Gasteiger partial charge in [-0.2, -0.15) is 23.3 Å². The quantitative estimate of drug-likeness (QED) is 0.227. The van der Waals surface area contributed by atoms with Crippen LogP contribution in [0.3, 0.4) is 0 Å². The number of thiocarbonyl (C=S) groups is 1. The zero-order valence-electron chi connectivity index (χ0n) is 19.0. The van der Waals surface area contributed by atoms with E-state index in [4.69, 9.17) is 12.2 Å². The minimum Gasteiger partial charge on any atom is -0.354 e. The monoisotopic (exact) mass is 489 g/mol. The number of benzene rings is 2. The molecule has 0 aliphatic rings. The molecule has 1 aromatic heterocycles. The van der Waals surface area contributed by atoms with Crippen LogP contribution in [0.1, 0.15) is 37.3 Å². The zero-order valence-corrected chi connectivity index (χ0v) is 19.8. The number of nitrogens with one attached hydrogen (secondary N) is 3. The highest BCUT2D eigenvalue weighted by Crippen LogP contribution is 2.23. The van der Waals surface area contributed by atoms with Crippen molar-refractivity contribution in [1.29, 1.82) is 0 Å². The number of hydrogen-bond acceptors (Lipinski definition) is 5. The van der Waals surface area contributed by atoms with Gasteiger partial charge in [0.15, 0.2) is 10.9 Å². The number of aryl methyl sites for hydroxylation is 1. The highest BCUT2D eigenvalue weighted by atomic mass is 32.1. The first-order valence-electron chi connectivity index (χ1n) is 10.6. The minimum atomic E-state index is -4.22. The first-order valence-corrected chi connectivity index (χ1v) is 11.0. The summed E-state index contributed by atoms with van der Waals surface area (Å²) in [4.78, 5) is 4.28. The number of anilines is 2. The Morgan fingerprint density at radius 3 is 2.53 bits per heavy atom. The first-order chi connectivity index (χ1) is 16.1. The number of para-hydroxylation sites is 1. The smallest absolute Gasteiger partial charge is 0.354 e. The van der Waals surface area contributed by atoms with Crippen LogP contribution in [0, 0.1) is 0 Å². The molecule has 0 spiro atoms. The van der Waals surface area contributed by atoms with Gasteiger partial charge in [0, 0.05) is 24.8 Å². The van der Waals surface area contributed by atoms with E-state index in [1.54, 1.807) is 13.3 Å². The summed E-state index contributed by atoms with van der Waals surface area (Å²) in [5, 5.41) is 14.6. The van der Waals surface area contributed by atoms with Crippen molar-refractivity contribution < 1.29 is 13.2 Å². The van der Waals surface area contributed by atoms with Crippen molar-refractivity contribution in [2.75, 3.05) is 17.2 Å². The van der Waals surface area contributed by atoms with Gasteiger partial charge in [0.25, 0.3) is 0 Å². The van der Waals surface area contributed by atoms with Crippen LogP contribution < -0.4 is 16.1 Å². The van der Waals surface area contributed by atoms with Gasteiger partial charge in [-0.05, 0) is 35.3 Å². The molecule has 3 N–H and O–H groups in total. The lowest BCUT2D eigenvalue weighted by molar-refractivity contribution is -0.131. The molecule has 0 bridgehead atoms. The van der Waals surface area contributed by atoms with E-state index in [1.807, 2.05) is 42.5 Å². The van der Waals surface area contributed by atoms with Crippen molar-refractivity contribution >= 4 is 35.2 Å². The zero-order chi connectivity index (χ0) is 24.7. The van der Waals surface area contributed by atoms with Gasteiger partial charge in [0.05, 0.1) is 12.6 Å². The molecule has 0 saturated heterocycles. The largest absolute Gasteiger partial charge is 0.390 e. The predicted octanol–water partition coefficient (Wildman–Crippen LogP) is 5.29. The van der Waals surface area contributed by atoms with Gasteiger partial charge in [-0.1, -0.05) is 56.3 Å². The molecule has 0 amide bonds. The third-order valence-corrected chi connectivity index (χ3v) is 5.03. The molecule has 3 aromatic rings. The maximum absolute atomic E-state index is 12.3. The predicted molar refractivity (Wildman–Crippen MR) is 133 cm³/mol. The summed E-state index contributed by atoms with van der Waals surface area (Å²) in [7, 11) is 1.62. The highest BCUT2D eigenvalue weighted by Gasteiger charge is 2.26. The summed E-state index contributed by atoms with van der Waals surface area (Å²) in [6.45, 7) is 3.97. The van der Waals surface area contributed by atoms with Crippen molar-refractivity contribution in [2.24, 2.45) is 12.1 Å². The molecule has 2 aromatic carbocycles. The molecular formula is C23H26F3N7S. The molecule has 0 aliphatic heterocycles. The molecule has 0 radical (unpaired) electrons. The summed E-state index contributed by atoms with van der Waals surface area (Å²) in [5.74, 6) is 1.04. The molecule has 180 valence electrons. The fraction of sp³-hybridized carbons (Fsp3) is 0.304. The van der Waals surface area contributed by atoms with E-state index in [1.165, 1.54) is 4.68 Å². The second-order valence-corrected chi connectivity index (χ2v) is 8.27. The molecule has 0 unspecified atom stereocenters.